The molecule has 17 heavy (non-hydrogen) atoms. The van der Waals surface area contributed by atoms with Crippen molar-refractivity contribution in [1.82, 2.24) is 20.6 Å². The van der Waals surface area contributed by atoms with Crippen molar-refractivity contribution in [3.63, 3.8) is 0 Å². The molecule has 0 saturated carbocycles. The molecule has 6 heteroatoms. The zero-order valence-electron chi connectivity index (χ0n) is 8.59. The second kappa shape index (κ2) is 4.06. The van der Waals surface area contributed by atoms with Crippen molar-refractivity contribution in [3.8, 4) is 21.1 Å². The summed E-state index contributed by atoms with van der Waals surface area (Å²) in [6.45, 7) is 0. The van der Waals surface area contributed by atoms with Crippen molar-refractivity contribution in [2.75, 3.05) is 0 Å². The normalized spacial score (nSPS) is 10.6. The van der Waals surface area contributed by atoms with Crippen LogP contribution in [0.5, 0.6) is 0 Å². The Balaban J connectivity index is 1.98. The highest BCUT2D eigenvalue weighted by atomic mass is 32.1. The molecule has 4 nitrogen and oxygen atoms in total. The van der Waals surface area contributed by atoms with E-state index >= 15 is 0 Å². The fraction of sp³-hybridized carbons (Fsp3) is 0. The van der Waals surface area contributed by atoms with Crippen LogP contribution in [0.2, 0.25) is 0 Å². The minimum Gasteiger partial charge on any atom is -0.238 e. The second-order valence-electron chi connectivity index (χ2n) is 3.42. The number of rotatable bonds is 2. The number of hydrogen-bond acceptors (Lipinski definition) is 4. The lowest BCUT2D eigenvalue weighted by molar-refractivity contribution is 0.628. The number of nitrogens with one attached hydrogen (secondary N) is 1. The van der Waals surface area contributed by atoms with E-state index in [1.807, 2.05) is 12.1 Å². The first-order valence-corrected chi connectivity index (χ1v) is 5.74. The molecule has 0 aliphatic heterocycles. The number of halogens is 1. The second-order valence-corrected chi connectivity index (χ2v) is 4.50. The first-order chi connectivity index (χ1) is 8.33. The molecule has 0 bridgehead atoms. The van der Waals surface area contributed by atoms with Gasteiger partial charge in [0.15, 0.2) is 5.82 Å². The van der Waals surface area contributed by atoms with E-state index in [4.69, 9.17) is 0 Å². The van der Waals surface area contributed by atoms with E-state index in [-0.39, 0.29) is 5.82 Å². The minimum atomic E-state index is -0.232. The van der Waals surface area contributed by atoms with Crippen LogP contribution in [-0.2, 0) is 0 Å². The monoisotopic (exact) mass is 246 g/mol. The number of nitrogens with zero attached hydrogens (tertiary/aromatic N) is 3. The molecular weight excluding hydrogens is 239 g/mol. The lowest BCUT2D eigenvalue weighted by atomic mass is 10.2. The fourth-order valence-corrected chi connectivity index (χ4v) is 2.44. The smallest absolute Gasteiger partial charge is 0.189 e. The summed E-state index contributed by atoms with van der Waals surface area (Å²) in [7, 11) is 0. The highest BCUT2D eigenvalue weighted by molar-refractivity contribution is 7.18. The van der Waals surface area contributed by atoms with Crippen LogP contribution in [0, 0.1) is 5.82 Å². The lowest BCUT2D eigenvalue weighted by Gasteiger charge is -1.95. The predicted molar refractivity (Wildman–Crippen MR) is 62.9 cm³/mol. The van der Waals surface area contributed by atoms with Gasteiger partial charge in [-0.05, 0) is 40.3 Å². The fourth-order valence-electron chi connectivity index (χ4n) is 1.50. The number of thiophene rings is 1. The van der Waals surface area contributed by atoms with Crippen LogP contribution >= 0.6 is 11.3 Å². The average molecular weight is 246 g/mol. The lowest BCUT2D eigenvalue weighted by Crippen LogP contribution is -1.74. The van der Waals surface area contributed by atoms with E-state index in [9.17, 15) is 4.39 Å². The maximum atomic E-state index is 12.8. The maximum Gasteiger partial charge on any atom is 0.189 e. The van der Waals surface area contributed by atoms with Gasteiger partial charge in [-0.15, -0.1) is 16.4 Å². The molecule has 1 N–H and O–H groups in total. The minimum absolute atomic E-state index is 0.232. The molecule has 3 rings (SSSR count). The van der Waals surface area contributed by atoms with Gasteiger partial charge < -0.3 is 0 Å². The summed E-state index contributed by atoms with van der Waals surface area (Å²) in [6.07, 6.45) is 0. The van der Waals surface area contributed by atoms with Crippen LogP contribution in [-0.4, -0.2) is 20.6 Å². The van der Waals surface area contributed by atoms with E-state index in [2.05, 4.69) is 20.6 Å². The topological polar surface area (TPSA) is 54.5 Å². The SMILES string of the molecule is Fc1ccc(-c2ccc(-c3nnn[nH]3)s2)cc1. The molecule has 0 unspecified atom stereocenters. The van der Waals surface area contributed by atoms with Gasteiger partial charge >= 0.3 is 0 Å². The molecular formula is C11H7FN4S. The van der Waals surface area contributed by atoms with Gasteiger partial charge in [-0.2, -0.15) is 0 Å². The van der Waals surface area contributed by atoms with Crippen LogP contribution in [0.25, 0.3) is 21.1 Å². The largest absolute Gasteiger partial charge is 0.238 e. The Morgan fingerprint density at radius 3 is 2.47 bits per heavy atom. The highest BCUT2D eigenvalue weighted by Crippen LogP contribution is 2.32. The Morgan fingerprint density at radius 1 is 1.00 bits per heavy atom. The number of aromatic amines is 1. The van der Waals surface area contributed by atoms with Crippen molar-refractivity contribution in [2.45, 2.75) is 0 Å². The summed E-state index contributed by atoms with van der Waals surface area (Å²) < 4.78 is 12.8. The summed E-state index contributed by atoms with van der Waals surface area (Å²) in [5.74, 6) is 0.410. The number of aromatic nitrogens is 4. The van der Waals surface area contributed by atoms with Gasteiger partial charge in [0.25, 0.3) is 0 Å². The van der Waals surface area contributed by atoms with E-state index < -0.39 is 0 Å². The van der Waals surface area contributed by atoms with Gasteiger partial charge in [-0.25, -0.2) is 9.49 Å². The third-order valence-electron chi connectivity index (χ3n) is 2.31. The average Bonchev–Trinajstić information content (AvgIpc) is 3.00. The zero-order valence-corrected chi connectivity index (χ0v) is 9.41. The molecule has 84 valence electrons. The zero-order chi connectivity index (χ0) is 11.7. The van der Waals surface area contributed by atoms with Crippen LogP contribution in [0.15, 0.2) is 36.4 Å². The quantitative estimate of drug-likeness (QED) is 0.756. The van der Waals surface area contributed by atoms with Crippen LogP contribution < -0.4 is 0 Å². The molecule has 2 heterocycles. The van der Waals surface area contributed by atoms with Gasteiger partial charge in [0, 0.05) is 4.88 Å². The third kappa shape index (κ3) is 1.94. The van der Waals surface area contributed by atoms with Crippen molar-refractivity contribution >= 4 is 11.3 Å². The van der Waals surface area contributed by atoms with Crippen LogP contribution in [0.3, 0.4) is 0 Å². The van der Waals surface area contributed by atoms with Crippen molar-refractivity contribution in [2.24, 2.45) is 0 Å². The molecule has 0 aliphatic rings. The Labute approximate surface area is 100 Å². The molecule has 3 aromatic rings. The molecule has 0 saturated heterocycles. The first-order valence-electron chi connectivity index (χ1n) is 4.93. The summed E-state index contributed by atoms with van der Waals surface area (Å²) in [5.41, 5.74) is 0.982. The molecule has 2 aromatic heterocycles. The Bertz CT molecular complexity index is 615. The van der Waals surface area contributed by atoms with Gasteiger partial charge in [-0.3, -0.25) is 0 Å². The van der Waals surface area contributed by atoms with Crippen molar-refractivity contribution in [1.29, 1.82) is 0 Å². The molecule has 0 amide bonds. The van der Waals surface area contributed by atoms with Crippen LogP contribution in [0.1, 0.15) is 0 Å². The number of tetrazole rings is 1. The van der Waals surface area contributed by atoms with E-state index in [1.54, 1.807) is 23.5 Å². The summed E-state index contributed by atoms with van der Waals surface area (Å²) in [5, 5.41) is 13.6. The van der Waals surface area contributed by atoms with E-state index in [0.717, 1.165) is 15.3 Å². The van der Waals surface area contributed by atoms with Crippen LogP contribution in [0.4, 0.5) is 4.39 Å². The first kappa shape index (κ1) is 10.1. The van der Waals surface area contributed by atoms with Gasteiger partial charge in [0.1, 0.15) is 5.82 Å². The number of benzene rings is 1. The Kier molecular flexibility index (Phi) is 2.41. The summed E-state index contributed by atoms with van der Waals surface area (Å²) in [6, 6.07) is 10.3. The predicted octanol–water partition coefficient (Wildman–Crippen LogP) is 2.73. The van der Waals surface area contributed by atoms with Crippen molar-refractivity contribution < 1.29 is 4.39 Å². The molecule has 0 aliphatic carbocycles. The van der Waals surface area contributed by atoms with Gasteiger partial charge in [-0.1, -0.05) is 12.1 Å². The van der Waals surface area contributed by atoms with E-state index in [0.29, 0.717) is 5.82 Å². The molecule has 0 spiro atoms. The standard InChI is InChI=1S/C11H7FN4S/c12-8-3-1-7(2-4-8)9-5-6-10(17-9)11-13-15-16-14-11/h1-6H,(H,13,14,15,16). The maximum absolute atomic E-state index is 12.8. The molecule has 1 aromatic carbocycles. The number of H-pyrrole nitrogens is 1. The van der Waals surface area contributed by atoms with Gasteiger partial charge in [0.2, 0.25) is 0 Å². The summed E-state index contributed by atoms with van der Waals surface area (Å²) in [4.78, 5) is 2.01. The molecule has 0 atom stereocenters. The Hall–Kier alpha value is -2.08. The third-order valence-corrected chi connectivity index (χ3v) is 3.45. The molecule has 0 radical (unpaired) electrons. The Morgan fingerprint density at radius 2 is 1.76 bits per heavy atom. The summed E-state index contributed by atoms with van der Waals surface area (Å²) >= 11 is 1.55. The van der Waals surface area contributed by atoms with Crippen molar-refractivity contribution in [3.05, 3.63) is 42.2 Å². The van der Waals surface area contributed by atoms with E-state index in [1.165, 1.54) is 12.1 Å². The highest BCUT2D eigenvalue weighted by Gasteiger charge is 2.07. The van der Waals surface area contributed by atoms with Gasteiger partial charge in [0.05, 0.1) is 4.88 Å². The molecule has 0 fully saturated rings. The number of hydrogen-bond donors (Lipinski definition) is 1.